The molecule has 1 fully saturated rings. The van der Waals surface area contributed by atoms with E-state index in [9.17, 15) is 4.79 Å². The lowest BCUT2D eigenvalue weighted by atomic mass is 10.2. The van der Waals surface area contributed by atoms with Crippen molar-refractivity contribution in [2.45, 2.75) is 37.1 Å². The zero-order valence-electron chi connectivity index (χ0n) is 12.2. The number of rotatable bonds is 6. The van der Waals surface area contributed by atoms with Crippen molar-refractivity contribution in [3.8, 4) is 0 Å². The van der Waals surface area contributed by atoms with Crippen molar-refractivity contribution in [3.05, 3.63) is 30.1 Å². The molecule has 2 rings (SSSR count). The molecular weight excluding hydrogens is 270 g/mol. The lowest BCUT2D eigenvalue weighted by molar-refractivity contribution is -0.122. The summed E-state index contributed by atoms with van der Waals surface area (Å²) in [6.45, 7) is 1.03. The first kappa shape index (κ1) is 15.3. The highest BCUT2D eigenvalue weighted by Crippen LogP contribution is 2.31. The molecule has 0 unspecified atom stereocenters. The maximum absolute atomic E-state index is 12.0. The molecule has 0 aromatic carbocycles. The Balaban J connectivity index is 1.76. The van der Waals surface area contributed by atoms with Gasteiger partial charge in [-0.05, 0) is 37.8 Å². The van der Waals surface area contributed by atoms with Crippen LogP contribution in [-0.2, 0) is 11.3 Å². The summed E-state index contributed by atoms with van der Waals surface area (Å²) in [5, 5.41) is 3.63. The predicted molar refractivity (Wildman–Crippen MR) is 83.7 cm³/mol. The Kier molecular flexibility index (Phi) is 5.86. The second kappa shape index (κ2) is 7.64. The number of nitrogens with one attached hydrogen (secondary N) is 1. The number of amides is 1. The molecule has 1 aromatic heterocycles. The Morgan fingerprint density at radius 1 is 1.55 bits per heavy atom. The van der Waals surface area contributed by atoms with Crippen molar-refractivity contribution < 1.29 is 4.79 Å². The number of likely N-dealkylation sites (N-methyl/N-ethyl adjacent to an activating group) is 1. The van der Waals surface area contributed by atoms with Gasteiger partial charge in [0.15, 0.2) is 0 Å². The molecule has 1 amide bonds. The van der Waals surface area contributed by atoms with E-state index in [1.807, 2.05) is 23.9 Å². The summed E-state index contributed by atoms with van der Waals surface area (Å²) < 4.78 is 0. The van der Waals surface area contributed by atoms with Crippen LogP contribution in [0, 0.1) is 0 Å². The minimum absolute atomic E-state index is 0.0862. The highest BCUT2D eigenvalue weighted by molar-refractivity contribution is 7.99. The minimum atomic E-state index is 0.0862. The van der Waals surface area contributed by atoms with E-state index in [1.54, 1.807) is 12.4 Å². The molecule has 110 valence electrons. The quantitative estimate of drug-likeness (QED) is 0.870. The second-order valence-electron chi connectivity index (χ2n) is 5.33. The van der Waals surface area contributed by atoms with Gasteiger partial charge in [0.25, 0.3) is 0 Å². The van der Waals surface area contributed by atoms with E-state index in [2.05, 4.69) is 28.5 Å². The van der Waals surface area contributed by atoms with Gasteiger partial charge in [0.2, 0.25) is 5.91 Å². The molecule has 1 N–H and O–H groups in total. The van der Waals surface area contributed by atoms with E-state index >= 15 is 0 Å². The average molecular weight is 293 g/mol. The van der Waals surface area contributed by atoms with Gasteiger partial charge >= 0.3 is 0 Å². The van der Waals surface area contributed by atoms with Crippen molar-refractivity contribution in [2.75, 3.05) is 19.8 Å². The monoisotopic (exact) mass is 293 g/mol. The van der Waals surface area contributed by atoms with Gasteiger partial charge in [-0.15, -0.1) is 0 Å². The first-order valence-electron chi connectivity index (χ1n) is 7.09. The van der Waals surface area contributed by atoms with E-state index in [4.69, 9.17) is 0 Å². The largest absolute Gasteiger partial charge is 0.351 e. The molecule has 1 heterocycles. The Hall–Kier alpha value is -1.07. The topological polar surface area (TPSA) is 45.2 Å². The van der Waals surface area contributed by atoms with Gasteiger partial charge in [-0.3, -0.25) is 14.7 Å². The summed E-state index contributed by atoms with van der Waals surface area (Å²) in [5.41, 5.74) is 1.03. The highest BCUT2D eigenvalue weighted by Gasteiger charge is 2.30. The Morgan fingerprint density at radius 2 is 2.40 bits per heavy atom. The van der Waals surface area contributed by atoms with Crippen molar-refractivity contribution in [2.24, 2.45) is 0 Å². The summed E-state index contributed by atoms with van der Waals surface area (Å²) in [4.78, 5) is 18.2. The van der Waals surface area contributed by atoms with Crippen LogP contribution in [0.15, 0.2) is 24.5 Å². The third-order valence-electron chi connectivity index (χ3n) is 3.89. The fourth-order valence-electron chi connectivity index (χ4n) is 2.79. The number of carbonyl (C=O) groups excluding carboxylic acids is 1. The first-order valence-corrected chi connectivity index (χ1v) is 8.38. The molecule has 0 spiro atoms. The Labute approximate surface area is 125 Å². The lowest BCUT2D eigenvalue weighted by Gasteiger charge is -2.28. The van der Waals surface area contributed by atoms with Crippen LogP contribution in [0.1, 0.15) is 24.8 Å². The van der Waals surface area contributed by atoms with E-state index in [0.29, 0.717) is 24.4 Å². The van der Waals surface area contributed by atoms with Crippen LogP contribution in [0.3, 0.4) is 0 Å². The van der Waals surface area contributed by atoms with Gasteiger partial charge < -0.3 is 5.32 Å². The van der Waals surface area contributed by atoms with Crippen LogP contribution in [0.5, 0.6) is 0 Å². The molecule has 1 aliphatic carbocycles. The van der Waals surface area contributed by atoms with Gasteiger partial charge in [-0.2, -0.15) is 11.8 Å². The van der Waals surface area contributed by atoms with Gasteiger partial charge in [-0.1, -0.05) is 12.5 Å². The number of aromatic nitrogens is 1. The van der Waals surface area contributed by atoms with E-state index < -0.39 is 0 Å². The number of carbonyl (C=O) groups is 1. The van der Waals surface area contributed by atoms with E-state index in [-0.39, 0.29) is 5.91 Å². The molecule has 1 aliphatic rings. The van der Waals surface area contributed by atoms with Crippen LogP contribution in [0.25, 0.3) is 0 Å². The van der Waals surface area contributed by atoms with Crippen LogP contribution in [0.4, 0.5) is 0 Å². The third kappa shape index (κ3) is 4.21. The molecular formula is C15H23N3OS. The molecule has 1 saturated carbocycles. The summed E-state index contributed by atoms with van der Waals surface area (Å²) >= 11 is 1.92. The zero-order chi connectivity index (χ0) is 14.4. The van der Waals surface area contributed by atoms with Gasteiger partial charge in [0, 0.05) is 30.2 Å². The fraction of sp³-hybridized carbons (Fsp3) is 0.600. The predicted octanol–water partition coefficient (Wildman–Crippen LogP) is 1.91. The molecule has 0 bridgehead atoms. The third-order valence-corrected chi connectivity index (χ3v) is 5.05. The minimum Gasteiger partial charge on any atom is -0.351 e. The average Bonchev–Trinajstić information content (AvgIpc) is 2.95. The van der Waals surface area contributed by atoms with E-state index in [1.165, 1.54) is 19.3 Å². The maximum Gasteiger partial charge on any atom is 0.234 e. The Morgan fingerprint density at radius 3 is 3.10 bits per heavy atom. The van der Waals surface area contributed by atoms with Crippen LogP contribution < -0.4 is 5.32 Å². The number of nitrogens with zero attached hydrogens (tertiary/aromatic N) is 2. The first-order chi connectivity index (χ1) is 9.70. The molecule has 0 aliphatic heterocycles. The summed E-state index contributed by atoms with van der Waals surface area (Å²) in [6, 6.07) is 4.39. The molecule has 4 nitrogen and oxygen atoms in total. The van der Waals surface area contributed by atoms with Gasteiger partial charge in [0.05, 0.1) is 6.54 Å². The normalized spacial score (nSPS) is 22.1. The SMILES string of the molecule is CS[C@@H]1CCC[C@H]1N(C)CC(=O)NCc1cccnc1. The van der Waals surface area contributed by atoms with Gasteiger partial charge in [0.1, 0.15) is 0 Å². The van der Waals surface area contributed by atoms with Crippen molar-refractivity contribution in [3.63, 3.8) is 0 Å². The lowest BCUT2D eigenvalue weighted by Crippen LogP contribution is -2.42. The molecule has 0 saturated heterocycles. The summed E-state index contributed by atoms with van der Waals surface area (Å²) in [6.07, 6.45) is 9.44. The van der Waals surface area contributed by atoms with Crippen molar-refractivity contribution in [1.82, 2.24) is 15.2 Å². The second-order valence-corrected chi connectivity index (χ2v) is 6.40. The van der Waals surface area contributed by atoms with Crippen LogP contribution in [-0.4, -0.2) is 46.9 Å². The molecule has 1 aromatic rings. The summed E-state index contributed by atoms with van der Waals surface area (Å²) in [5.74, 6) is 0.0862. The van der Waals surface area contributed by atoms with Crippen LogP contribution in [0.2, 0.25) is 0 Å². The van der Waals surface area contributed by atoms with E-state index in [0.717, 1.165) is 5.56 Å². The Bertz CT molecular complexity index is 426. The highest BCUT2D eigenvalue weighted by atomic mass is 32.2. The fourth-order valence-corrected chi connectivity index (χ4v) is 3.85. The number of thioether (sulfide) groups is 1. The number of hydrogen-bond acceptors (Lipinski definition) is 4. The van der Waals surface area contributed by atoms with Gasteiger partial charge in [-0.25, -0.2) is 0 Å². The summed E-state index contributed by atoms with van der Waals surface area (Å²) in [7, 11) is 2.06. The van der Waals surface area contributed by atoms with Crippen molar-refractivity contribution >= 4 is 17.7 Å². The smallest absolute Gasteiger partial charge is 0.234 e. The number of hydrogen-bond donors (Lipinski definition) is 1. The molecule has 0 radical (unpaired) electrons. The molecule has 20 heavy (non-hydrogen) atoms. The zero-order valence-corrected chi connectivity index (χ0v) is 13.0. The standard InChI is InChI=1S/C15H23N3OS/c1-18(13-6-3-7-14(13)20-2)11-15(19)17-10-12-5-4-8-16-9-12/h4-5,8-9,13-14H,3,6-7,10-11H2,1-2H3,(H,17,19)/t13-,14-/m1/s1. The molecule has 2 atom stereocenters. The number of pyridine rings is 1. The van der Waals surface area contributed by atoms with Crippen molar-refractivity contribution in [1.29, 1.82) is 0 Å². The maximum atomic E-state index is 12.0. The van der Waals surface area contributed by atoms with Crippen LogP contribution >= 0.6 is 11.8 Å². The molecule has 5 heteroatoms.